The zero-order chi connectivity index (χ0) is 27.6. The predicted molar refractivity (Wildman–Crippen MR) is 154 cm³/mol. The SMILES string of the molecule is CC(C)(N=NC(C)(C)C1=NCCCN1)C1=NCCCN1.COC(=O)C(C)(C)N=NC(C)(C)C(=O)OC.Cl.Cl. The van der Waals surface area contributed by atoms with Gasteiger partial charge in [-0.25, -0.2) is 9.59 Å². The lowest BCUT2D eigenvalue weighted by Crippen LogP contribution is -2.46. The van der Waals surface area contributed by atoms with Crippen molar-refractivity contribution in [2.45, 2.75) is 90.4 Å². The van der Waals surface area contributed by atoms with Crippen LogP contribution in [0.4, 0.5) is 0 Å². The van der Waals surface area contributed by atoms with Gasteiger partial charge in [0.1, 0.15) is 22.7 Å². The van der Waals surface area contributed by atoms with E-state index < -0.39 is 34.1 Å². The van der Waals surface area contributed by atoms with Gasteiger partial charge in [0.2, 0.25) is 0 Å². The van der Waals surface area contributed by atoms with E-state index in [9.17, 15) is 9.59 Å². The van der Waals surface area contributed by atoms with E-state index in [1.807, 2.05) is 27.7 Å². The van der Waals surface area contributed by atoms with E-state index in [2.05, 4.69) is 50.5 Å². The Bertz CT molecular complexity index is 830. The van der Waals surface area contributed by atoms with Crippen LogP contribution < -0.4 is 10.6 Å². The van der Waals surface area contributed by atoms with Gasteiger partial charge in [0.25, 0.3) is 0 Å². The molecule has 2 N–H and O–H groups in total. The second kappa shape index (κ2) is 15.9. The molecule has 0 atom stereocenters. The average molecular weight is 582 g/mol. The molecule has 2 heterocycles. The minimum Gasteiger partial charge on any atom is -0.467 e. The standard InChI is InChI=1S/C14H26N6.C10H18N2O4.2ClH/c1-13(2,11-15-7-5-8-16-11)19-20-14(3,4)12-17-9-6-10-18-12;1-9(2,7(13)15-5)11-12-10(3,4)8(14)16-6;;/h5-10H2,1-4H3,(H,15,16)(H,17,18);1-6H3;2*1H. The first-order chi connectivity index (χ1) is 16.6. The quantitative estimate of drug-likeness (QED) is 0.327. The van der Waals surface area contributed by atoms with Crippen LogP contribution in [0, 0.1) is 0 Å². The Balaban J connectivity index is 0. The molecule has 0 fully saturated rings. The van der Waals surface area contributed by atoms with Gasteiger partial charge >= 0.3 is 11.9 Å². The molecule has 0 saturated carbocycles. The lowest BCUT2D eigenvalue weighted by Gasteiger charge is -2.29. The highest BCUT2D eigenvalue weighted by atomic mass is 35.5. The maximum atomic E-state index is 11.3. The average Bonchev–Trinajstić information content (AvgIpc) is 2.87. The number of halogens is 2. The van der Waals surface area contributed by atoms with Gasteiger partial charge in [-0.1, -0.05) is 0 Å². The molecule has 2 aliphatic rings. The number of carbonyl (C=O) groups is 2. The molecule has 0 aromatic carbocycles. The van der Waals surface area contributed by atoms with Crippen molar-refractivity contribution in [1.29, 1.82) is 0 Å². The fourth-order valence-electron chi connectivity index (χ4n) is 3.06. The van der Waals surface area contributed by atoms with Crippen molar-refractivity contribution in [3.63, 3.8) is 0 Å². The first kappa shape index (κ1) is 37.8. The number of hydrogen-bond acceptors (Lipinski definition) is 12. The topological polar surface area (TPSA) is 151 Å². The molecular formula is C24H46Cl2N8O4. The van der Waals surface area contributed by atoms with Gasteiger partial charge < -0.3 is 20.1 Å². The minimum absolute atomic E-state index is 0. The molecule has 0 aromatic rings. The van der Waals surface area contributed by atoms with Crippen molar-refractivity contribution < 1.29 is 19.1 Å². The summed E-state index contributed by atoms with van der Waals surface area (Å²) in [5.74, 6) is 0.831. The summed E-state index contributed by atoms with van der Waals surface area (Å²) < 4.78 is 9.12. The Hall–Kier alpha value is -2.34. The molecule has 14 heteroatoms. The van der Waals surface area contributed by atoms with Gasteiger partial charge in [-0.05, 0) is 68.2 Å². The van der Waals surface area contributed by atoms with Crippen LogP contribution in [0.3, 0.4) is 0 Å². The largest absolute Gasteiger partial charge is 0.467 e. The lowest BCUT2D eigenvalue weighted by molar-refractivity contribution is -0.148. The summed E-state index contributed by atoms with van der Waals surface area (Å²) in [4.78, 5) is 31.6. The first-order valence-corrected chi connectivity index (χ1v) is 12.2. The highest BCUT2D eigenvalue weighted by Gasteiger charge is 2.33. The molecule has 2 rings (SSSR count). The number of rotatable bonds is 8. The number of amidine groups is 2. The van der Waals surface area contributed by atoms with Crippen LogP contribution in [0.1, 0.15) is 68.2 Å². The molecular weight excluding hydrogens is 535 g/mol. The monoisotopic (exact) mass is 580 g/mol. The van der Waals surface area contributed by atoms with Gasteiger partial charge in [0.05, 0.1) is 14.2 Å². The Kier molecular flexibility index (Phi) is 15.8. The summed E-state index contributed by atoms with van der Waals surface area (Å²) >= 11 is 0. The zero-order valence-corrected chi connectivity index (χ0v) is 26.0. The van der Waals surface area contributed by atoms with Crippen molar-refractivity contribution >= 4 is 48.4 Å². The van der Waals surface area contributed by atoms with E-state index in [-0.39, 0.29) is 24.8 Å². The van der Waals surface area contributed by atoms with Gasteiger partial charge in [-0.3, -0.25) is 9.98 Å². The molecule has 0 spiro atoms. The molecule has 0 bridgehead atoms. The fourth-order valence-corrected chi connectivity index (χ4v) is 3.06. The van der Waals surface area contributed by atoms with E-state index in [0.717, 1.165) is 50.7 Å². The number of nitrogens with zero attached hydrogens (tertiary/aromatic N) is 6. The number of azo groups is 2. The number of hydrogen-bond donors (Lipinski definition) is 2. The Labute approximate surface area is 239 Å². The third kappa shape index (κ3) is 11.6. The molecule has 12 nitrogen and oxygen atoms in total. The third-order valence-electron chi connectivity index (χ3n) is 5.42. The molecule has 38 heavy (non-hydrogen) atoms. The van der Waals surface area contributed by atoms with Crippen LogP contribution in [0.15, 0.2) is 30.4 Å². The summed E-state index contributed by atoms with van der Waals surface area (Å²) in [6.45, 7) is 18.1. The molecule has 0 aliphatic carbocycles. The van der Waals surface area contributed by atoms with Crippen LogP contribution in [0.25, 0.3) is 0 Å². The number of esters is 2. The molecule has 0 aromatic heterocycles. The second-order valence-electron chi connectivity index (χ2n) is 10.6. The van der Waals surface area contributed by atoms with E-state index in [1.165, 1.54) is 14.2 Å². The summed E-state index contributed by atoms with van der Waals surface area (Å²) in [7, 11) is 2.54. The molecule has 0 amide bonds. The maximum absolute atomic E-state index is 11.3. The maximum Gasteiger partial charge on any atom is 0.335 e. The Morgan fingerprint density at radius 1 is 0.658 bits per heavy atom. The normalized spacial score (nSPS) is 16.4. The molecule has 0 unspecified atom stereocenters. The van der Waals surface area contributed by atoms with Gasteiger partial charge in [-0.15, -0.1) is 24.8 Å². The Morgan fingerprint density at radius 2 is 0.974 bits per heavy atom. The third-order valence-corrected chi connectivity index (χ3v) is 5.42. The number of methoxy groups -OCH3 is 2. The highest BCUT2D eigenvalue weighted by Crippen LogP contribution is 2.20. The van der Waals surface area contributed by atoms with Gasteiger partial charge in [0.15, 0.2) is 11.1 Å². The van der Waals surface area contributed by atoms with Gasteiger partial charge in [-0.2, -0.15) is 20.5 Å². The Morgan fingerprint density at radius 3 is 1.21 bits per heavy atom. The van der Waals surface area contributed by atoms with Crippen LogP contribution in [-0.4, -0.2) is 86.2 Å². The lowest BCUT2D eigenvalue weighted by atomic mass is 10.0. The number of nitrogens with one attached hydrogen (secondary N) is 2. The smallest absolute Gasteiger partial charge is 0.335 e. The van der Waals surface area contributed by atoms with Crippen LogP contribution in [0.5, 0.6) is 0 Å². The number of ether oxygens (including phenoxy) is 2. The summed E-state index contributed by atoms with van der Waals surface area (Å²) in [5.41, 5.74) is -3.04. The number of carbonyl (C=O) groups excluding carboxylic acids is 2. The van der Waals surface area contributed by atoms with Crippen molar-refractivity contribution in [3.8, 4) is 0 Å². The zero-order valence-electron chi connectivity index (χ0n) is 24.4. The van der Waals surface area contributed by atoms with Crippen LogP contribution >= 0.6 is 24.8 Å². The van der Waals surface area contributed by atoms with Crippen LogP contribution in [0.2, 0.25) is 0 Å². The first-order valence-electron chi connectivity index (χ1n) is 12.2. The summed E-state index contributed by atoms with van der Waals surface area (Å²) in [6.07, 6.45) is 2.17. The van der Waals surface area contributed by atoms with Gasteiger partial charge in [0, 0.05) is 26.2 Å². The summed E-state index contributed by atoms with van der Waals surface area (Å²) in [5, 5.41) is 23.4. The van der Waals surface area contributed by atoms with Crippen molar-refractivity contribution in [2.24, 2.45) is 30.4 Å². The van der Waals surface area contributed by atoms with E-state index in [0.29, 0.717) is 0 Å². The fraction of sp³-hybridized carbons (Fsp3) is 0.833. The minimum atomic E-state index is -1.11. The van der Waals surface area contributed by atoms with E-state index >= 15 is 0 Å². The molecule has 2 aliphatic heterocycles. The second-order valence-corrected chi connectivity index (χ2v) is 10.6. The van der Waals surface area contributed by atoms with E-state index in [1.54, 1.807) is 27.7 Å². The van der Waals surface area contributed by atoms with Crippen molar-refractivity contribution in [1.82, 2.24) is 10.6 Å². The summed E-state index contributed by atoms with van der Waals surface area (Å²) in [6, 6.07) is 0. The molecule has 0 radical (unpaired) electrons. The molecule has 0 saturated heterocycles. The van der Waals surface area contributed by atoms with E-state index in [4.69, 9.17) is 0 Å². The van der Waals surface area contributed by atoms with Crippen molar-refractivity contribution in [2.75, 3.05) is 40.4 Å². The highest BCUT2D eigenvalue weighted by molar-refractivity contribution is 5.92. The predicted octanol–water partition coefficient (Wildman–Crippen LogP) is 3.96. The molecule has 220 valence electrons. The van der Waals surface area contributed by atoms with Crippen LogP contribution in [-0.2, 0) is 19.1 Å². The number of aliphatic imine (C=N–C) groups is 2. The van der Waals surface area contributed by atoms with Crippen molar-refractivity contribution in [3.05, 3.63) is 0 Å².